The Bertz CT molecular complexity index is 838. The van der Waals surface area contributed by atoms with Crippen LogP contribution in [0, 0.1) is 0 Å². The van der Waals surface area contributed by atoms with Gasteiger partial charge in [-0.1, -0.05) is 40.2 Å². The van der Waals surface area contributed by atoms with Gasteiger partial charge in [-0.25, -0.2) is 9.55 Å². The molecule has 4 rings (SSSR count). The third kappa shape index (κ3) is 2.05. The van der Waals surface area contributed by atoms with Crippen LogP contribution in [0.2, 0.25) is 0 Å². The van der Waals surface area contributed by atoms with Gasteiger partial charge in [0.1, 0.15) is 0 Å². The number of rotatable bonds is 1. The Kier molecular flexibility index (Phi) is 2.82. The van der Waals surface area contributed by atoms with E-state index < -0.39 is 0 Å². The van der Waals surface area contributed by atoms with Crippen LogP contribution in [-0.4, -0.2) is 15.5 Å². The summed E-state index contributed by atoms with van der Waals surface area (Å²) >= 11 is 3.43. The van der Waals surface area contributed by atoms with E-state index in [-0.39, 0.29) is 11.9 Å². The second kappa shape index (κ2) is 4.70. The Hall–Kier alpha value is -2.14. The Balaban J connectivity index is 1.78. The number of aromatic nitrogens is 2. The number of carbonyl (C=O) groups is 1. The normalized spacial score (nSPS) is 17.6. The largest absolute Gasteiger partial charge is 0.348 e. The summed E-state index contributed by atoms with van der Waals surface area (Å²) in [7, 11) is 0. The maximum atomic E-state index is 12.5. The molecule has 1 N–H and O–H groups in total. The summed E-state index contributed by atoms with van der Waals surface area (Å²) in [5.74, 6) is 0.700. The number of nitrogens with one attached hydrogen (secondary N) is 1. The van der Waals surface area contributed by atoms with Gasteiger partial charge in [0.2, 0.25) is 11.9 Å². The number of fused-ring (bicyclic) bond motifs is 3. The van der Waals surface area contributed by atoms with Gasteiger partial charge >= 0.3 is 0 Å². The highest BCUT2D eigenvalue weighted by Crippen LogP contribution is 2.31. The molecule has 5 heteroatoms. The topological polar surface area (TPSA) is 46.9 Å². The molecular weight excluding hydrogens is 330 g/mol. The van der Waals surface area contributed by atoms with E-state index in [4.69, 9.17) is 0 Å². The van der Waals surface area contributed by atoms with Crippen LogP contribution in [0.5, 0.6) is 0 Å². The van der Waals surface area contributed by atoms with Gasteiger partial charge in [0.05, 0.1) is 23.5 Å². The van der Waals surface area contributed by atoms with Crippen LogP contribution in [-0.2, 0) is 0 Å². The second-order valence-electron chi connectivity index (χ2n) is 5.11. The standard InChI is InChI=1S/C16H12BrN3O/c17-11-7-5-10(6-8-11)13-9-15(21)20-14-4-2-1-3-12(14)18-16(20)19-13/h1-8,13H,9H2,(H,18,19)/t13-/m1/s1. The van der Waals surface area contributed by atoms with Gasteiger partial charge in [0.15, 0.2) is 0 Å². The zero-order valence-electron chi connectivity index (χ0n) is 11.1. The summed E-state index contributed by atoms with van der Waals surface area (Å²) in [6.07, 6.45) is 0.426. The lowest BCUT2D eigenvalue weighted by Crippen LogP contribution is -2.27. The van der Waals surface area contributed by atoms with Crippen molar-refractivity contribution in [1.82, 2.24) is 9.55 Å². The number of nitrogens with zero attached hydrogens (tertiary/aromatic N) is 2. The molecule has 0 aliphatic carbocycles. The molecule has 0 spiro atoms. The van der Waals surface area contributed by atoms with E-state index in [1.807, 2.05) is 48.5 Å². The van der Waals surface area contributed by atoms with Gasteiger partial charge in [-0.05, 0) is 29.8 Å². The lowest BCUT2D eigenvalue weighted by atomic mass is 10.0. The molecule has 0 unspecified atom stereocenters. The van der Waals surface area contributed by atoms with Crippen LogP contribution >= 0.6 is 15.9 Å². The molecule has 0 saturated carbocycles. The van der Waals surface area contributed by atoms with E-state index in [0.717, 1.165) is 21.1 Å². The van der Waals surface area contributed by atoms with Crippen LogP contribution in [0.15, 0.2) is 53.0 Å². The van der Waals surface area contributed by atoms with Crippen molar-refractivity contribution in [2.75, 3.05) is 5.32 Å². The van der Waals surface area contributed by atoms with Crippen molar-refractivity contribution in [3.8, 4) is 0 Å². The summed E-state index contributed by atoms with van der Waals surface area (Å²) in [5.41, 5.74) is 2.79. The van der Waals surface area contributed by atoms with E-state index in [1.54, 1.807) is 4.57 Å². The number of anilines is 1. The van der Waals surface area contributed by atoms with E-state index in [2.05, 4.69) is 26.2 Å². The van der Waals surface area contributed by atoms with Crippen molar-refractivity contribution < 1.29 is 4.79 Å². The quantitative estimate of drug-likeness (QED) is 0.727. The Labute approximate surface area is 129 Å². The molecular formula is C16H12BrN3O. The van der Waals surface area contributed by atoms with Crippen LogP contribution in [0.1, 0.15) is 22.8 Å². The molecule has 4 nitrogen and oxygen atoms in total. The Morgan fingerprint density at radius 3 is 2.71 bits per heavy atom. The van der Waals surface area contributed by atoms with E-state index in [0.29, 0.717) is 12.4 Å². The molecule has 0 saturated heterocycles. The first-order valence-corrected chi connectivity index (χ1v) is 7.54. The first-order chi connectivity index (χ1) is 10.2. The first-order valence-electron chi connectivity index (χ1n) is 6.75. The summed E-state index contributed by atoms with van der Waals surface area (Å²) in [6, 6.07) is 15.7. The van der Waals surface area contributed by atoms with Crippen molar-refractivity contribution in [1.29, 1.82) is 0 Å². The smallest absolute Gasteiger partial charge is 0.236 e. The molecule has 0 amide bonds. The molecule has 1 aromatic heterocycles. The molecule has 2 heterocycles. The highest BCUT2D eigenvalue weighted by atomic mass is 79.9. The molecule has 0 fully saturated rings. The molecule has 21 heavy (non-hydrogen) atoms. The van der Waals surface area contributed by atoms with Crippen molar-refractivity contribution >= 4 is 38.8 Å². The van der Waals surface area contributed by atoms with E-state index >= 15 is 0 Å². The fraction of sp³-hybridized carbons (Fsp3) is 0.125. The molecule has 1 aliphatic heterocycles. The number of hydrogen-bond donors (Lipinski definition) is 1. The lowest BCUT2D eigenvalue weighted by Gasteiger charge is -2.25. The third-order valence-electron chi connectivity index (χ3n) is 3.76. The summed E-state index contributed by atoms with van der Waals surface area (Å²) in [4.78, 5) is 17.0. The second-order valence-corrected chi connectivity index (χ2v) is 6.02. The summed E-state index contributed by atoms with van der Waals surface area (Å²) < 4.78 is 2.70. The van der Waals surface area contributed by atoms with Crippen molar-refractivity contribution in [2.24, 2.45) is 0 Å². The van der Waals surface area contributed by atoms with Crippen molar-refractivity contribution in [3.05, 3.63) is 58.6 Å². The average Bonchev–Trinajstić information content (AvgIpc) is 2.86. The SMILES string of the molecule is O=C1C[C@H](c2ccc(Br)cc2)Nc2nc3ccccc3n21. The molecule has 1 atom stereocenters. The maximum Gasteiger partial charge on any atom is 0.236 e. The number of para-hydroxylation sites is 2. The maximum absolute atomic E-state index is 12.5. The first kappa shape index (κ1) is 12.6. The fourth-order valence-electron chi connectivity index (χ4n) is 2.74. The van der Waals surface area contributed by atoms with Gasteiger partial charge in [0, 0.05) is 4.47 Å². The zero-order valence-corrected chi connectivity index (χ0v) is 12.7. The summed E-state index contributed by atoms with van der Waals surface area (Å²) in [5, 5.41) is 3.37. The molecule has 0 radical (unpaired) electrons. The van der Waals surface area contributed by atoms with Gasteiger partial charge in [-0.15, -0.1) is 0 Å². The van der Waals surface area contributed by atoms with Crippen molar-refractivity contribution in [2.45, 2.75) is 12.5 Å². The predicted octanol–water partition coefficient (Wildman–Crippen LogP) is 4.00. The van der Waals surface area contributed by atoms with Gasteiger partial charge < -0.3 is 5.32 Å². The molecule has 104 valence electrons. The monoisotopic (exact) mass is 341 g/mol. The molecule has 3 aromatic rings. The fourth-order valence-corrected chi connectivity index (χ4v) is 3.01. The van der Waals surface area contributed by atoms with Gasteiger partial charge in [-0.2, -0.15) is 0 Å². The summed E-state index contributed by atoms with van der Waals surface area (Å²) in [6.45, 7) is 0. The highest BCUT2D eigenvalue weighted by molar-refractivity contribution is 9.10. The van der Waals surface area contributed by atoms with E-state index in [9.17, 15) is 4.79 Å². The highest BCUT2D eigenvalue weighted by Gasteiger charge is 2.28. The lowest BCUT2D eigenvalue weighted by molar-refractivity contribution is 0.0893. The molecule has 0 bridgehead atoms. The molecule has 1 aliphatic rings. The van der Waals surface area contributed by atoms with E-state index in [1.165, 1.54) is 0 Å². The van der Waals surface area contributed by atoms with Crippen LogP contribution in [0.25, 0.3) is 11.0 Å². The van der Waals surface area contributed by atoms with Crippen LogP contribution < -0.4 is 5.32 Å². The third-order valence-corrected chi connectivity index (χ3v) is 4.29. The average molecular weight is 342 g/mol. The number of carbonyl (C=O) groups excluding carboxylic acids is 1. The number of benzene rings is 2. The van der Waals surface area contributed by atoms with Crippen molar-refractivity contribution in [3.63, 3.8) is 0 Å². The van der Waals surface area contributed by atoms with Crippen LogP contribution in [0.4, 0.5) is 5.95 Å². The minimum Gasteiger partial charge on any atom is -0.348 e. The minimum absolute atomic E-state index is 0.0325. The van der Waals surface area contributed by atoms with Gasteiger partial charge in [-0.3, -0.25) is 4.79 Å². The Morgan fingerprint density at radius 1 is 1.14 bits per heavy atom. The Morgan fingerprint density at radius 2 is 1.90 bits per heavy atom. The minimum atomic E-state index is -0.0325. The number of halogens is 1. The predicted molar refractivity (Wildman–Crippen MR) is 85.5 cm³/mol. The molecule has 2 aromatic carbocycles. The number of imidazole rings is 1. The van der Waals surface area contributed by atoms with Crippen LogP contribution in [0.3, 0.4) is 0 Å². The number of hydrogen-bond acceptors (Lipinski definition) is 3. The van der Waals surface area contributed by atoms with Gasteiger partial charge in [0.25, 0.3) is 0 Å². The zero-order chi connectivity index (χ0) is 14.4.